The van der Waals surface area contributed by atoms with Gasteiger partial charge >= 0.3 is 6.03 Å². The smallest absolute Gasteiger partial charge is 0.315 e. The van der Waals surface area contributed by atoms with Crippen molar-refractivity contribution in [2.24, 2.45) is 22.7 Å². The average Bonchev–Trinajstić information content (AvgIpc) is 3.75. The molecule has 1 aromatic heterocycles. The highest BCUT2D eigenvalue weighted by atomic mass is 32.2. The molecule has 6 atom stereocenters. The summed E-state index contributed by atoms with van der Waals surface area (Å²) in [6.45, 7) is 10.3. The molecule has 2 aliphatic heterocycles. The number of hydrogen-bond donors (Lipinski definition) is 4. The lowest BCUT2D eigenvalue weighted by Gasteiger charge is -2.36. The summed E-state index contributed by atoms with van der Waals surface area (Å²) >= 11 is 1.13. The van der Waals surface area contributed by atoms with E-state index >= 15 is 0 Å². The zero-order valence-electron chi connectivity index (χ0n) is 31.5. The summed E-state index contributed by atoms with van der Waals surface area (Å²) in [6.07, 6.45) is 8.44. The van der Waals surface area contributed by atoms with Crippen molar-refractivity contribution in [1.82, 2.24) is 30.5 Å². The number of sulfonamides is 1. The summed E-state index contributed by atoms with van der Waals surface area (Å²) in [5.41, 5.74) is -0.715. The predicted molar refractivity (Wildman–Crippen MR) is 199 cm³/mol. The van der Waals surface area contributed by atoms with Gasteiger partial charge in [0.05, 0.1) is 6.04 Å². The lowest BCUT2D eigenvalue weighted by molar-refractivity contribution is -0.144. The fourth-order valence-electron chi connectivity index (χ4n) is 7.83. The minimum absolute atomic E-state index is 0.00907. The van der Waals surface area contributed by atoms with Crippen molar-refractivity contribution < 1.29 is 32.4 Å². The number of hydrogen-bond acceptors (Lipinski definition) is 8. The number of likely N-dealkylation sites (N-methyl/N-ethyl adjacent to an activating group) is 1. The lowest BCUT2D eigenvalue weighted by atomic mass is 9.86. The molecule has 13 nitrogen and oxygen atoms in total. The molecule has 2 saturated carbocycles. The van der Waals surface area contributed by atoms with Crippen LogP contribution in [0.1, 0.15) is 105 Å². The van der Waals surface area contributed by atoms with E-state index in [1.165, 1.54) is 11.4 Å². The molecule has 5 rings (SSSR count). The van der Waals surface area contributed by atoms with E-state index in [1.54, 1.807) is 22.4 Å². The summed E-state index contributed by atoms with van der Waals surface area (Å²) in [6, 6.07) is -0.692. The molecule has 2 saturated heterocycles. The Balaban J connectivity index is 1.34. The van der Waals surface area contributed by atoms with Gasteiger partial charge in [0.15, 0.2) is 0 Å². The van der Waals surface area contributed by atoms with Crippen LogP contribution < -0.4 is 21.3 Å². The molecule has 4 fully saturated rings. The maximum Gasteiger partial charge on any atom is 0.315 e. The summed E-state index contributed by atoms with van der Waals surface area (Å²) in [7, 11) is -2.27. The average molecular weight is 763 g/mol. The zero-order valence-corrected chi connectivity index (χ0v) is 33.2. The summed E-state index contributed by atoms with van der Waals surface area (Å²) < 4.78 is 27.9. The monoisotopic (exact) mass is 762 g/mol. The standard InChI is InChI=1S/C37H58N6O7S2/c1-36(2,3)27(22-42(6)52(49,50)28-17-14-20-51-28)41-35(48)40-26-16-13-11-9-7-8-10-12-15-25(31(44)33(46)38-23-18-19-23)39-32(45)30-29-24(37(29,4)5)21-43(30)34(26)47/h14,17,20,23-27,29-30H,7-13,15-16,18-19,21-22H2,1-6H3,(H,38,46)(H,39,45)(H2,40,41,48)/t24-,25-,26-,27+,29?,30-/m0/s1. The van der Waals surface area contributed by atoms with Crippen LogP contribution in [0.4, 0.5) is 4.79 Å². The van der Waals surface area contributed by atoms with Gasteiger partial charge in [-0.2, -0.15) is 4.31 Å². The van der Waals surface area contributed by atoms with Gasteiger partial charge in [0, 0.05) is 32.2 Å². The van der Waals surface area contributed by atoms with E-state index in [0.29, 0.717) is 32.2 Å². The highest BCUT2D eigenvalue weighted by Crippen LogP contribution is 2.65. The topological polar surface area (TPSA) is 174 Å². The molecule has 15 heteroatoms. The maximum atomic E-state index is 14.4. The second kappa shape index (κ2) is 16.1. The van der Waals surface area contributed by atoms with Crippen molar-refractivity contribution in [2.75, 3.05) is 20.1 Å². The zero-order chi connectivity index (χ0) is 38.0. The SMILES string of the molecule is CN(C[C@@H](NC(=O)N[C@H]1CCCCCCCCC[C@@H](C(=O)C(=O)NC2CC2)NC(=O)[C@@H]2C3[C@H](CN2C1=O)C3(C)C)C(C)(C)C)S(=O)(=O)c1cccs1. The number of rotatable bonds is 9. The van der Waals surface area contributed by atoms with Crippen molar-refractivity contribution in [2.45, 2.75) is 140 Å². The molecule has 4 N–H and O–H groups in total. The first-order chi connectivity index (χ1) is 24.4. The van der Waals surface area contributed by atoms with Crippen LogP contribution in [0.25, 0.3) is 0 Å². The quantitative estimate of drug-likeness (QED) is 0.277. The molecule has 52 heavy (non-hydrogen) atoms. The second-order valence-electron chi connectivity index (χ2n) is 16.9. The summed E-state index contributed by atoms with van der Waals surface area (Å²) in [5.74, 6) is -2.16. The van der Waals surface area contributed by atoms with Crippen LogP contribution >= 0.6 is 11.3 Å². The number of carbonyl (C=O) groups excluding carboxylic acids is 5. The van der Waals surface area contributed by atoms with Gasteiger partial charge in [0.1, 0.15) is 16.3 Å². The van der Waals surface area contributed by atoms with Crippen molar-refractivity contribution in [3.05, 3.63) is 17.5 Å². The molecule has 290 valence electrons. The number of nitrogens with zero attached hydrogens (tertiary/aromatic N) is 2. The fourth-order valence-corrected chi connectivity index (χ4v) is 10.2. The molecule has 0 aromatic carbocycles. The van der Waals surface area contributed by atoms with Gasteiger partial charge in [0.25, 0.3) is 15.9 Å². The maximum absolute atomic E-state index is 14.4. The molecule has 0 spiro atoms. The first-order valence-corrected chi connectivity index (χ1v) is 21.3. The number of piperidine rings is 1. The van der Waals surface area contributed by atoms with Gasteiger partial charge in [0.2, 0.25) is 17.6 Å². The third-order valence-electron chi connectivity index (χ3n) is 11.6. The lowest BCUT2D eigenvalue weighted by Crippen LogP contribution is -2.60. The summed E-state index contributed by atoms with van der Waals surface area (Å²) in [5, 5.41) is 13.2. The highest BCUT2D eigenvalue weighted by Gasteiger charge is 2.69. The fraction of sp³-hybridized carbons (Fsp3) is 0.757. The molecule has 4 aliphatic rings. The Kier molecular flexibility index (Phi) is 12.5. The van der Waals surface area contributed by atoms with Crippen LogP contribution in [0.5, 0.6) is 0 Å². The largest absolute Gasteiger partial charge is 0.347 e. The van der Waals surface area contributed by atoms with Crippen molar-refractivity contribution in [1.29, 1.82) is 0 Å². The molecule has 3 heterocycles. The van der Waals surface area contributed by atoms with Crippen molar-refractivity contribution in [3.63, 3.8) is 0 Å². The number of fused-ring (bicyclic) bond motifs is 3. The highest BCUT2D eigenvalue weighted by molar-refractivity contribution is 7.91. The predicted octanol–water partition coefficient (Wildman–Crippen LogP) is 3.79. The number of ketones is 1. The van der Waals surface area contributed by atoms with Crippen LogP contribution in [0.3, 0.4) is 0 Å². The first kappa shape index (κ1) is 40.2. The van der Waals surface area contributed by atoms with Crippen LogP contribution in [-0.2, 0) is 29.2 Å². The van der Waals surface area contributed by atoms with E-state index in [2.05, 4.69) is 35.1 Å². The molecular formula is C37H58N6O7S2. The molecule has 0 radical (unpaired) electrons. The van der Waals surface area contributed by atoms with Gasteiger partial charge in [-0.15, -0.1) is 11.3 Å². The number of Topliss-reactive ketones (excluding diaryl/α,β-unsaturated/α-hetero) is 1. The van der Waals surface area contributed by atoms with E-state index in [-0.39, 0.29) is 40.0 Å². The molecule has 5 amide bonds. The number of urea groups is 1. The van der Waals surface area contributed by atoms with E-state index in [4.69, 9.17) is 0 Å². The number of nitrogens with one attached hydrogen (secondary N) is 4. The Hall–Kier alpha value is -3.04. The first-order valence-electron chi connectivity index (χ1n) is 19.0. The van der Waals surface area contributed by atoms with Gasteiger partial charge in [-0.25, -0.2) is 13.2 Å². The van der Waals surface area contributed by atoms with Gasteiger partial charge in [-0.05, 0) is 59.8 Å². The Morgan fingerprint density at radius 3 is 2.23 bits per heavy atom. The molecule has 0 bridgehead atoms. The van der Waals surface area contributed by atoms with Crippen LogP contribution in [0.2, 0.25) is 0 Å². The second-order valence-corrected chi connectivity index (χ2v) is 20.1. The van der Waals surface area contributed by atoms with Crippen LogP contribution in [-0.4, -0.2) is 97.5 Å². The Labute approximate surface area is 312 Å². The number of thiophene rings is 1. The van der Waals surface area contributed by atoms with Gasteiger partial charge in [-0.3, -0.25) is 19.2 Å². The van der Waals surface area contributed by atoms with E-state index < -0.39 is 63.2 Å². The Morgan fingerprint density at radius 1 is 1.00 bits per heavy atom. The summed E-state index contributed by atoms with van der Waals surface area (Å²) in [4.78, 5) is 70.0. The van der Waals surface area contributed by atoms with E-state index in [0.717, 1.165) is 56.3 Å². The Bertz CT molecular complexity index is 1590. The third-order valence-corrected chi connectivity index (χ3v) is 14.8. The van der Waals surface area contributed by atoms with Crippen molar-refractivity contribution in [3.8, 4) is 0 Å². The van der Waals surface area contributed by atoms with E-state index in [1.807, 2.05) is 20.8 Å². The van der Waals surface area contributed by atoms with Crippen LogP contribution in [0.15, 0.2) is 21.7 Å². The van der Waals surface area contributed by atoms with Crippen LogP contribution in [0, 0.1) is 22.7 Å². The normalized spacial score (nSPS) is 27.9. The number of carbonyl (C=O) groups is 5. The van der Waals surface area contributed by atoms with Gasteiger partial charge < -0.3 is 26.2 Å². The molecule has 1 unspecified atom stereocenters. The van der Waals surface area contributed by atoms with Crippen molar-refractivity contribution >= 4 is 50.9 Å². The van der Waals surface area contributed by atoms with E-state index in [9.17, 15) is 32.4 Å². The minimum atomic E-state index is -3.76. The van der Waals surface area contributed by atoms with Gasteiger partial charge in [-0.1, -0.05) is 85.6 Å². The minimum Gasteiger partial charge on any atom is -0.347 e. The molecule has 1 aromatic rings. The Morgan fingerprint density at radius 2 is 1.63 bits per heavy atom. The third kappa shape index (κ3) is 9.36. The molecular weight excluding hydrogens is 705 g/mol. The number of amides is 5. The molecule has 2 aliphatic carbocycles.